The van der Waals surface area contributed by atoms with Crippen molar-refractivity contribution in [2.24, 2.45) is 5.92 Å². The van der Waals surface area contributed by atoms with Gasteiger partial charge in [0, 0.05) is 17.4 Å². The molecule has 0 spiro atoms. The van der Waals surface area contributed by atoms with Crippen molar-refractivity contribution in [3.8, 4) is 0 Å². The quantitative estimate of drug-likeness (QED) is 0.639. The monoisotopic (exact) mass is 381 g/mol. The first-order valence-electron chi connectivity index (χ1n) is 8.45. The summed E-state index contributed by atoms with van der Waals surface area (Å²) in [6, 6.07) is 8.60. The fourth-order valence-electron chi connectivity index (χ4n) is 2.07. The first-order valence-corrected chi connectivity index (χ1v) is 9.60. The van der Waals surface area contributed by atoms with Crippen molar-refractivity contribution >= 4 is 29.6 Å². The third-order valence-electron chi connectivity index (χ3n) is 3.33. The van der Waals surface area contributed by atoms with Gasteiger partial charge in [-0.1, -0.05) is 37.3 Å². The molecule has 1 amide bonds. The van der Waals surface area contributed by atoms with Crippen molar-refractivity contribution in [1.29, 1.82) is 0 Å². The smallest absolute Gasteiger partial charge is 0.326 e. The number of rotatable bonds is 9. The molecule has 26 heavy (non-hydrogen) atoms. The molecule has 0 aromatic heterocycles. The minimum Gasteiger partial charge on any atom is -0.480 e. The predicted molar refractivity (Wildman–Crippen MR) is 102 cm³/mol. The number of carbonyl (C=O) groups is 3. The average Bonchev–Trinajstić information content (AvgIpc) is 2.53. The molecule has 0 aliphatic rings. The SMILES string of the molecule is CC(CSCc1ccccc1)C(=O)N[C@@H](CC(=O)OC(C)(C)C)C(=O)O. The number of aliphatic carboxylic acids is 1. The molecule has 0 heterocycles. The van der Waals surface area contributed by atoms with Crippen LogP contribution in [0.3, 0.4) is 0 Å². The van der Waals surface area contributed by atoms with Crippen LogP contribution in [0.15, 0.2) is 30.3 Å². The number of nitrogens with one attached hydrogen (secondary N) is 1. The molecule has 0 bridgehead atoms. The summed E-state index contributed by atoms with van der Waals surface area (Å²) >= 11 is 1.60. The number of hydrogen-bond acceptors (Lipinski definition) is 5. The van der Waals surface area contributed by atoms with E-state index in [1.807, 2.05) is 30.3 Å². The van der Waals surface area contributed by atoms with Crippen molar-refractivity contribution in [3.05, 3.63) is 35.9 Å². The molecule has 144 valence electrons. The Hall–Kier alpha value is -2.02. The number of carboxylic acids is 1. The average molecular weight is 381 g/mol. The Balaban J connectivity index is 2.47. The van der Waals surface area contributed by atoms with Crippen LogP contribution in [0.1, 0.15) is 39.7 Å². The van der Waals surface area contributed by atoms with Crippen LogP contribution >= 0.6 is 11.8 Å². The highest BCUT2D eigenvalue weighted by Crippen LogP contribution is 2.16. The normalized spacial score (nSPS) is 13.5. The summed E-state index contributed by atoms with van der Waals surface area (Å²) in [5.74, 6) is -1.34. The van der Waals surface area contributed by atoms with E-state index in [2.05, 4.69) is 5.32 Å². The second-order valence-corrected chi connectivity index (χ2v) is 8.12. The van der Waals surface area contributed by atoms with E-state index in [-0.39, 0.29) is 11.8 Å². The zero-order chi connectivity index (χ0) is 19.7. The lowest BCUT2D eigenvalue weighted by Gasteiger charge is -2.22. The van der Waals surface area contributed by atoms with Crippen molar-refractivity contribution in [3.63, 3.8) is 0 Å². The first-order chi connectivity index (χ1) is 12.1. The number of thioether (sulfide) groups is 1. The van der Waals surface area contributed by atoms with Gasteiger partial charge in [0.05, 0.1) is 6.42 Å². The highest BCUT2D eigenvalue weighted by Gasteiger charge is 2.28. The van der Waals surface area contributed by atoms with Gasteiger partial charge in [0.1, 0.15) is 11.6 Å². The number of esters is 1. The molecule has 0 saturated heterocycles. The van der Waals surface area contributed by atoms with Crippen molar-refractivity contribution in [1.82, 2.24) is 5.32 Å². The fraction of sp³-hybridized carbons (Fsp3) is 0.526. The van der Waals surface area contributed by atoms with Crippen LogP contribution in [-0.4, -0.2) is 40.3 Å². The number of amides is 1. The molecule has 0 fully saturated rings. The molecule has 0 saturated carbocycles. The Bertz CT molecular complexity index is 612. The lowest BCUT2D eigenvalue weighted by Crippen LogP contribution is -2.45. The molecule has 1 rings (SSSR count). The summed E-state index contributed by atoms with van der Waals surface area (Å²) in [4.78, 5) is 35.4. The van der Waals surface area contributed by atoms with Gasteiger partial charge in [-0.15, -0.1) is 0 Å². The Morgan fingerprint density at radius 2 is 1.81 bits per heavy atom. The maximum atomic E-state index is 12.2. The minimum absolute atomic E-state index is 0.371. The topological polar surface area (TPSA) is 92.7 Å². The van der Waals surface area contributed by atoms with Gasteiger partial charge in [0.15, 0.2) is 0 Å². The zero-order valence-electron chi connectivity index (χ0n) is 15.7. The molecular formula is C19H27NO5S. The fourth-order valence-corrected chi connectivity index (χ4v) is 3.12. The predicted octanol–water partition coefficient (Wildman–Crippen LogP) is 2.86. The molecule has 0 aliphatic heterocycles. The number of ether oxygens (including phenoxy) is 1. The molecule has 1 unspecified atom stereocenters. The van der Waals surface area contributed by atoms with Gasteiger partial charge >= 0.3 is 11.9 Å². The van der Waals surface area contributed by atoms with Crippen LogP contribution < -0.4 is 5.32 Å². The van der Waals surface area contributed by atoms with E-state index in [1.54, 1.807) is 39.5 Å². The second kappa shape index (κ2) is 10.2. The summed E-state index contributed by atoms with van der Waals surface area (Å²) in [6.45, 7) is 6.83. The van der Waals surface area contributed by atoms with Crippen LogP contribution in [0.4, 0.5) is 0 Å². The maximum absolute atomic E-state index is 12.2. The van der Waals surface area contributed by atoms with Crippen LogP contribution in [0.5, 0.6) is 0 Å². The van der Waals surface area contributed by atoms with Gasteiger partial charge in [0.25, 0.3) is 0 Å². The van der Waals surface area contributed by atoms with E-state index in [4.69, 9.17) is 4.74 Å². The molecule has 0 aliphatic carbocycles. The lowest BCUT2D eigenvalue weighted by atomic mass is 10.1. The van der Waals surface area contributed by atoms with Gasteiger partial charge < -0.3 is 15.2 Å². The van der Waals surface area contributed by atoms with E-state index in [9.17, 15) is 19.5 Å². The van der Waals surface area contributed by atoms with E-state index in [0.29, 0.717) is 5.75 Å². The van der Waals surface area contributed by atoms with E-state index < -0.39 is 30.0 Å². The highest BCUT2D eigenvalue weighted by atomic mass is 32.2. The molecule has 6 nitrogen and oxygen atoms in total. The van der Waals surface area contributed by atoms with Gasteiger partial charge in [-0.05, 0) is 26.3 Å². The van der Waals surface area contributed by atoms with Crippen molar-refractivity contribution in [2.75, 3.05) is 5.75 Å². The molecule has 1 aromatic rings. The number of carboxylic acid groups (broad SMARTS) is 1. The summed E-state index contributed by atoms with van der Waals surface area (Å²) in [7, 11) is 0. The van der Waals surface area contributed by atoms with Gasteiger partial charge in [0.2, 0.25) is 5.91 Å². The number of carbonyl (C=O) groups excluding carboxylic acids is 2. The van der Waals surface area contributed by atoms with E-state index in [0.717, 1.165) is 5.75 Å². The van der Waals surface area contributed by atoms with Gasteiger partial charge in [-0.25, -0.2) is 4.79 Å². The van der Waals surface area contributed by atoms with Crippen molar-refractivity contribution in [2.45, 2.75) is 51.5 Å². The molecule has 7 heteroatoms. The van der Waals surface area contributed by atoms with Crippen LogP contribution in [0.25, 0.3) is 0 Å². The second-order valence-electron chi connectivity index (χ2n) is 7.09. The van der Waals surface area contributed by atoms with E-state index in [1.165, 1.54) is 5.56 Å². The molecule has 0 radical (unpaired) electrons. The standard InChI is InChI=1S/C19H27NO5S/c1-13(11-26-12-14-8-6-5-7-9-14)17(22)20-15(18(23)24)10-16(21)25-19(2,3)4/h5-9,13,15H,10-12H2,1-4H3,(H,20,22)(H,23,24)/t13?,15-/m0/s1. The molecule has 1 aromatic carbocycles. The van der Waals surface area contributed by atoms with Crippen molar-refractivity contribution < 1.29 is 24.2 Å². The van der Waals surface area contributed by atoms with Gasteiger partial charge in [-0.3, -0.25) is 9.59 Å². The minimum atomic E-state index is -1.29. The lowest BCUT2D eigenvalue weighted by molar-refractivity contribution is -0.158. The Morgan fingerprint density at radius 3 is 2.35 bits per heavy atom. The Labute approximate surface area is 158 Å². The third-order valence-corrected chi connectivity index (χ3v) is 4.61. The summed E-state index contributed by atoms with van der Waals surface area (Å²) in [5.41, 5.74) is 0.462. The van der Waals surface area contributed by atoms with Crippen LogP contribution in [0, 0.1) is 5.92 Å². The Kier molecular flexibility index (Phi) is 8.65. The first kappa shape index (κ1) is 22.0. The van der Waals surface area contributed by atoms with E-state index >= 15 is 0 Å². The largest absolute Gasteiger partial charge is 0.480 e. The zero-order valence-corrected chi connectivity index (χ0v) is 16.5. The van der Waals surface area contributed by atoms with Gasteiger partial charge in [-0.2, -0.15) is 11.8 Å². The number of benzene rings is 1. The summed E-state index contributed by atoms with van der Waals surface area (Å²) < 4.78 is 5.12. The maximum Gasteiger partial charge on any atom is 0.326 e. The third kappa shape index (κ3) is 8.89. The van der Waals surface area contributed by atoms with Crippen LogP contribution in [-0.2, 0) is 24.9 Å². The summed E-state index contributed by atoms with van der Waals surface area (Å²) in [5, 5.41) is 11.7. The molecular weight excluding hydrogens is 354 g/mol. The summed E-state index contributed by atoms with van der Waals surface area (Å²) in [6.07, 6.45) is -0.401. The highest BCUT2D eigenvalue weighted by molar-refractivity contribution is 7.98. The molecule has 2 atom stereocenters. The van der Waals surface area contributed by atoms with Crippen LogP contribution in [0.2, 0.25) is 0 Å². The Morgan fingerprint density at radius 1 is 1.19 bits per heavy atom. The molecule has 2 N–H and O–H groups in total. The number of hydrogen-bond donors (Lipinski definition) is 2.